The molecule has 106 valence electrons. The Bertz CT molecular complexity index is 845. The van der Waals surface area contributed by atoms with E-state index in [1.54, 1.807) is 11.3 Å². The van der Waals surface area contributed by atoms with Gasteiger partial charge in [-0.05, 0) is 41.1 Å². The van der Waals surface area contributed by atoms with Crippen molar-refractivity contribution in [2.75, 3.05) is 11.1 Å². The second kappa shape index (κ2) is 5.06. The second-order valence-electron chi connectivity index (χ2n) is 4.52. The maximum atomic E-state index is 13.7. The zero-order valence-corrected chi connectivity index (χ0v) is 11.6. The number of carbonyl (C=O) groups is 1. The van der Waals surface area contributed by atoms with Crippen molar-refractivity contribution in [1.29, 1.82) is 0 Å². The Hall–Kier alpha value is -2.60. The van der Waals surface area contributed by atoms with Crippen LogP contribution in [0.3, 0.4) is 0 Å². The number of hydrogen-bond acceptors (Lipinski definition) is 4. The van der Waals surface area contributed by atoms with Gasteiger partial charge in [0.15, 0.2) is 0 Å². The van der Waals surface area contributed by atoms with E-state index in [0.717, 1.165) is 27.9 Å². The number of fused-ring (bicyclic) bond motifs is 1. The molecule has 6 heteroatoms. The van der Waals surface area contributed by atoms with Gasteiger partial charge in [-0.2, -0.15) is 0 Å². The van der Waals surface area contributed by atoms with Gasteiger partial charge in [0.2, 0.25) is 0 Å². The molecule has 0 unspecified atom stereocenters. The number of carboxylic acid groups (broad SMARTS) is 1. The van der Waals surface area contributed by atoms with Crippen molar-refractivity contribution in [3.05, 3.63) is 53.2 Å². The molecule has 3 aromatic rings. The first-order valence-corrected chi connectivity index (χ1v) is 6.99. The van der Waals surface area contributed by atoms with Crippen LogP contribution in [0.15, 0.2) is 41.8 Å². The molecular formula is C15H11FN2O2S. The van der Waals surface area contributed by atoms with E-state index in [1.165, 1.54) is 0 Å². The van der Waals surface area contributed by atoms with Crippen molar-refractivity contribution in [3.63, 3.8) is 0 Å². The molecule has 21 heavy (non-hydrogen) atoms. The third-order valence-electron chi connectivity index (χ3n) is 3.10. The highest BCUT2D eigenvalue weighted by atomic mass is 32.1. The number of carboxylic acids is 1. The van der Waals surface area contributed by atoms with E-state index in [4.69, 9.17) is 10.8 Å². The molecule has 0 atom stereocenters. The van der Waals surface area contributed by atoms with E-state index in [0.29, 0.717) is 5.69 Å². The van der Waals surface area contributed by atoms with Gasteiger partial charge in [0, 0.05) is 16.5 Å². The molecule has 0 fully saturated rings. The Labute approximate surface area is 123 Å². The quantitative estimate of drug-likeness (QED) is 0.638. The van der Waals surface area contributed by atoms with Crippen LogP contribution in [0.2, 0.25) is 0 Å². The van der Waals surface area contributed by atoms with Gasteiger partial charge in [0.05, 0.1) is 16.9 Å². The number of rotatable bonds is 3. The molecule has 0 saturated heterocycles. The average molecular weight is 302 g/mol. The summed E-state index contributed by atoms with van der Waals surface area (Å²) in [6.45, 7) is 0. The molecule has 3 rings (SSSR count). The first-order valence-electron chi connectivity index (χ1n) is 6.11. The van der Waals surface area contributed by atoms with Gasteiger partial charge in [-0.15, -0.1) is 11.3 Å². The highest BCUT2D eigenvalue weighted by molar-refractivity contribution is 7.17. The van der Waals surface area contributed by atoms with E-state index in [1.807, 2.05) is 29.6 Å². The van der Waals surface area contributed by atoms with Crippen LogP contribution in [0.5, 0.6) is 0 Å². The van der Waals surface area contributed by atoms with Crippen molar-refractivity contribution >= 4 is 44.5 Å². The minimum absolute atomic E-state index is 0.180. The molecule has 0 radical (unpaired) electrons. The fourth-order valence-corrected chi connectivity index (χ4v) is 2.83. The van der Waals surface area contributed by atoms with Crippen LogP contribution < -0.4 is 11.1 Å². The van der Waals surface area contributed by atoms with E-state index >= 15 is 0 Å². The van der Waals surface area contributed by atoms with Gasteiger partial charge >= 0.3 is 5.97 Å². The van der Waals surface area contributed by atoms with E-state index < -0.39 is 17.3 Å². The summed E-state index contributed by atoms with van der Waals surface area (Å²) in [5.74, 6) is -2.17. The number of thiophene rings is 1. The van der Waals surface area contributed by atoms with Gasteiger partial charge in [-0.25, -0.2) is 9.18 Å². The van der Waals surface area contributed by atoms with Gasteiger partial charge in [-0.1, -0.05) is 0 Å². The minimum atomic E-state index is -1.34. The molecule has 1 heterocycles. The largest absolute Gasteiger partial charge is 0.478 e. The maximum Gasteiger partial charge on any atom is 0.338 e. The van der Waals surface area contributed by atoms with Gasteiger partial charge in [-0.3, -0.25) is 0 Å². The molecule has 2 aromatic carbocycles. The number of aromatic carboxylic acids is 1. The fourth-order valence-electron chi connectivity index (χ4n) is 2.06. The highest BCUT2D eigenvalue weighted by Crippen LogP contribution is 2.29. The Morgan fingerprint density at radius 2 is 2.05 bits per heavy atom. The molecule has 0 aliphatic heterocycles. The molecule has 0 bridgehead atoms. The predicted octanol–water partition coefficient (Wildman–Crippen LogP) is 4.06. The predicted molar refractivity (Wildman–Crippen MR) is 82.9 cm³/mol. The zero-order chi connectivity index (χ0) is 15.0. The van der Waals surface area contributed by atoms with Crippen LogP contribution in [0.1, 0.15) is 10.4 Å². The van der Waals surface area contributed by atoms with Crippen LogP contribution in [-0.2, 0) is 0 Å². The summed E-state index contributed by atoms with van der Waals surface area (Å²) in [5, 5.41) is 14.9. The maximum absolute atomic E-state index is 13.7. The molecule has 0 aliphatic carbocycles. The summed E-state index contributed by atoms with van der Waals surface area (Å²) in [6.07, 6.45) is 0. The van der Waals surface area contributed by atoms with Crippen LogP contribution in [0.4, 0.5) is 21.5 Å². The summed E-state index contributed by atoms with van der Waals surface area (Å²) < 4.78 is 14.9. The van der Waals surface area contributed by atoms with Crippen LogP contribution in [0.25, 0.3) is 10.1 Å². The fraction of sp³-hybridized carbons (Fsp3) is 0. The number of anilines is 3. The highest BCUT2D eigenvalue weighted by Gasteiger charge is 2.13. The lowest BCUT2D eigenvalue weighted by molar-refractivity contribution is 0.0692. The first kappa shape index (κ1) is 13.4. The second-order valence-corrected chi connectivity index (χ2v) is 5.47. The molecule has 4 N–H and O–H groups in total. The van der Waals surface area contributed by atoms with E-state index in [-0.39, 0.29) is 5.69 Å². The average Bonchev–Trinajstić information content (AvgIpc) is 2.89. The van der Waals surface area contributed by atoms with E-state index in [9.17, 15) is 9.18 Å². The standard InChI is InChI=1S/C15H11FN2O2S/c16-11-7-13(12(17)6-10(11)15(19)20)18-9-1-2-14-8(5-9)3-4-21-14/h1-7,18H,17H2,(H,19,20). The Morgan fingerprint density at radius 3 is 2.81 bits per heavy atom. The lowest BCUT2D eigenvalue weighted by atomic mass is 10.1. The van der Waals surface area contributed by atoms with Crippen LogP contribution >= 0.6 is 11.3 Å². The number of benzene rings is 2. The molecule has 1 aromatic heterocycles. The lowest BCUT2D eigenvalue weighted by Gasteiger charge is -2.11. The SMILES string of the molecule is Nc1cc(C(=O)O)c(F)cc1Nc1ccc2sccc2c1. The summed E-state index contributed by atoms with van der Waals surface area (Å²) in [5.41, 5.74) is 6.62. The van der Waals surface area contributed by atoms with Gasteiger partial charge < -0.3 is 16.2 Å². The third-order valence-corrected chi connectivity index (χ3v) is 4.00. The summed E-state index contributed by atoms with van der Waals surface area (Å²) in [6, 6.07) is 9.94. The lowest BCUT2D eigenvalue weighted by Crippen LogP contribution is -2.05. The van der Waals surface area contributed by atoms with E-state index in [2.05, 4.69) is 5.32 Å². The minimum Gasteiger partial charge on any atom is -0.478 e. The van der Waals surface area contributed by atoms with Crippen molar-refractivity contribution in [2.45, 2.75) is 0 Å². The smallest absolute Gasteiger partial charge is 0.338 e. The van der Waals surface area contributed by atoms with Crippen molar-refractivity contribution in [2.24, 2.45) is 0 Å². The van der Waals surface area contributed by atoms with Gasteiger partial charge in [0.25, 0.3) is 0 Å². The Morgan fingerprint density at radius 1 is 1.24 bits per heavy atom. The number of halogens is 1. The van der Waals surface area contributed by atoms with Crippen molar-refractivity contribution in [3.8, 4) is 0 Å². The molecule has 0 saturated carbocycles. The topological polar surface area (TPSA) is 75.4 Å². The molecule has 0 amide bonds. The number of nitrogens with one attached hydrogen (secondary N) is 1. The normalized spacial score (nSPS) is 10.7. The third kappa shape index (κ3) is 2.53. The summed E-state index contributed by atoms with van der Waals surface area (Å²) in [4.78, 5) is 10.8. The van der Waals surface area contributed by atoms with Gasteiger partial charge in [0.1, 0.15) is 5.82 Å². The number of hydrogen-bond donors (Lipinski definition) is 3. The Balaban J connectivity index is 1.97. The number of nitrogens with two attached hydrogens (primary N) is 1. The number of nitrogen functional groups attached to an aromatic ring is 1. The van der Waals surface area contributed by atoms with Crippen molar-refractivity contribution < 1.29 is 14.3 Å². The summed E-state index contributed by atoms with van der Waals surface area (Å²) >= 11 is 1.64. The Kier molecular flexibility index (Phi) is 3.23. The van der Waals surface area contributed by atoms with Crippen LogP contribution in [-0.4, -0.2) is 11.1 Å². The van der Waals surface area contributed by atoms with Crippen LogP contribution in [0, 0.1) is 5.82 Å². The molecule has 0 spiro atoms. The zero-order valence-electron chi connectivity index (χ0n) is 10.8. The first-order chi connectivity index (χ1) is 10.0. The van der Waals surface area contributed by atoms with Crippen molar-refractivity contribution in [1.82, 2.24) is 0 Å². The monoisotopic (exact) mass is 302 g/mol. The molecular weight excluding hydrogens is 291 g/mol. The molecule has 0 aliphatic rings. The summed E-state index contributed by atoms with van der Waals surface area (Å²) in [7, 11) is 0. The molecule has 4 nitrogen and oxygen atoms in total.